The number of carbonyl (C=O) groups excluding carboxylic acids is 1. The lowest BCUT2D eigenvalue weighted by molar-refractivity contribution is 0.0747. The highest BCUT2D eigenvalue weighted by atomic mass is 16.5. The van der Waals surface area contributed by atoms with Crippen LogP contribution in [0.4, 0.5) is 0 Å². The van der Waals surface area contributed by atoms with Crippen molar-refractivity contribution < 1.29 is 9.32 Å². The van der Waals surface area contributed by atoms with E-state index in [1.54, 1.807) is 24.9 Å². The van der Waals surface area contributed by atoms with E-state index in [0.717, 1.165) is 12.2 Å². The van der Waals surface area contributed by atoms with Gasteiger partial charge >= 0.3 is 0 Å². The molecule has 0 spiro atoms. The van der Waals surface area contributed by atoms with Gasteiger partial charge in [0.2, 0.25) is 5.76 Å². The molecule has 0 N–H and O–H groups in total. The Morgan fingerprint density at radius 1 is 1.71 bits per heavy atom. The lowest BCUT2D eigenvalue weighted by Gasteiger charge is -2.14. The summed E-state index contributed by atoms with van der Waals surface area (Å²) in [5.41, 5.74) is 0.744. The lowest BCUT2D eigenvalue weighted by atomic mass is 10.3. The summed E-state index contributed by atoms with van der Waals surface area (Å²) in [6.45, 7) is 2.64. The Hall–Kier alpha value is -1.32. The molecule has 14 heavy (non-hydrogen) atoms. The van der Waals surface area contributed by atoms with Gasteiger partial charge in [-0.05, 0) is 25.7 Å². The van der Waals surface area contributed by atoms with E-state index < -0.39 is 0 Å². The van der Waals surface area contributed by atoms with Crippen LogP contribution in [0, 0.1) is 12.8 Å². The van der Waals surface area contributed by atoms with Crippen molar-refractivity contribution in [1.82, 2.24) is 10.1 Å². The van der Waals surface area contributed by atoms with Crippen molar-refractivity contribution in [2.45, 2.75) is 19.8 Å². The highest BCUT2D eigenvalue weighted by Crippen LogP contribution is 2.29. The predicted molar refractivity (Wildman–Crippen MR) is 50.9 cm³/mol. The van der Waals surface area contributed by atoms with Crippen molar-refractivity contribution in [3.63, 3.8) is 0 Å². The quantitative estimate of drug-likeness (QED) is 0.731. The summed E-state index contributed by atoms with van der Waals surface area (Å²) in [5.74, 6) is 0.969. The first-order chi connectivity index (χ1) is 6.66. The van der Waals surface area contributed by atoms with E-state index in [4.69, 9.17) is 4.52 Å². The number of rotatable bonds is 3. The summed E-state index contributed by atoms with van der Waals surface area (Å²) >= 11 is 0. The Bertz CT molecular complexity index is 342. The van der Waals surface area contributed by atoms with Crippen LogP contribution in [0.2, 0.25) is 0 Å². The molecule has 4 heteroatoms. The van der Waals surface area contributed by atoms with Crippen LogP contribution in [0.5, 0.6) is 0 Å². The fourth-order valence-corrected chi connectivity index (χ4v) is 1.42. The smallest absolute Gasteiger partial charge is 0.292 e. The molecule has 1 aliphatic carbocycles. The molecule has 1 aromatic rings. The number of carbonyl (C=O) groups is 1. The summed E-state index contributed by atoms with van der Waals surface area (Å²) in [6, 6.07) is 1.67. The number of aryl methyl sites for hydroxylation is 1. The molecule has 1 fully saturated rings. The molecule has 0 radical (unpaired) electrons. The Kier molecular flexibility index (Phi) is 2.27. The second-order valence-electron chi connectivity index (χ2n) is 3.96. The fourth-order valence-electron chi connectivity index (χ4n) is 1.42. The van der Waals surface area contributed by atoms with Gasteiger partial charge in [0.05, 0.1) is 5.69 Å². The third-order valence-corrected chi connectivity index (χ3v) is 2.41. The first-order valence-corrected chi connectivity index (χ1v) is 4.85. The second-order valence-corrected chi connectivity index (χ2v) is 3.96. The number of hydrogen-bond acceptors (Lipinski definition) is 3. The summed E-state index contributed by atoms with van der Waals surface area (Å²) in [5, 5.41) is 3.69. The Morgan fingerprint density at radius 3 is 2.93 bits per heavy atom. The number of amides is 1. The summed E-state index contributed by atoms with van der Waals surface area (Å²) < 4.78 is 4.91. The average Bonchev–Trinajstić information content (AvgIpc) is 2.85. The SMILES string of the molecule is Cc1cc(C(=O)N(C)CC2CC2)on1. The van der Waals surface area contributed by atoms with Crippen molar-refractivity contribution in [3.8, 4) is 0 Å². The van der Waals surface area contributed by atoms with Crippen molar-refractivity contribution in [1.29, 1.82) is 0 Å². The van der Waals surface area contributed by atoms with Crippen LogP contribution in [-0.4, -0.2) is 29.6 Å². The predicted octanol–water partition coefficient (Wildman–Crippen LogP) is 1.47. The van der Waals surface area contributed by atoms with E-state index in [9.17, 15) is 4.79 Å². The van der Waals surface area contributed by atoms with Gasteiger partial charge in [-0.25, -0.2) is 0 Å². The van der Waals surface area contributed by atoms with Crippen LogP contribution in [0.1, 0.15) is 29.1 Å². The van der Waals surface area contributed by atoms with Crippen LogP contribution in [0.25, 0.3) is 0 Å². The maximum absolute atomic E-state index is 11.7. The van der Waals surface area contributed by atoms with Gasteiger partial charge in [0.25, 0.3) is 5.91 Å². The zero-order valence-corrected chi connectivity index (χ0v) is 8.49. The van der Waals surface area contributed by atoms with Crippen molar-refractivity contribution in [3.05, 3.63) is 17.5 Å². The molecule has 1 aromatic heterocycles. The van der Waals surface area contributed by atoms with Gasteiger partial charge in [-0.3, -0.25) is 4.79 Å². The van der Waals surface area contributed by atoms with Gasteiger partial charge < -0.3 is 9.42 Å². The lowest BCUT2D eigenvalue weighted by Crippen LogP contribution is -2.28. The Morgan fingerprint density at radius 2 is 2.43 bits per heavy atom. The third kappa shape index (κ3) is 1.95. The minimum atomic E-state index is -0.0718. The number of nitrogens with zero attached hydrogens (tertiary/aromatic N) is 2. The van der Waals surface area contributed by atoms with Crippen LogP contribution in [-0.2, 0) is 0 Å². The molecule has 0 saturated heterocycles. The second kappa shape index (κ2) is 3.44. The molecule has 76 valence electrons. The normalized spacial score (nSPS) is 15.6. The molecule has 0 aliphatic heterocycles. The molecular formula is C10H14N2O2. The molecule has 0 bridgehead atoms. The van der Waals surface area contributed by atoms with Crippen LogP contribution in [0.3, 0.4) is 0 Å². The molecular weight excluding hydrogens is 180 g/mol. The number of hydrogen-bond donors (Lipinski definition) is 0. The van der Waals surface area contributed by atoms with Gasteiger partial charge in [0.1, 0.15) is 0 Å². The highest BCUT2D eigenvalue weighted by molar-refractivity contribution is 5.91. The first-order valence-electron chi connectivity index (χ1n) is 4.85. The molecule has 0 aromatic carbocycles. The topological polar surface area (TPSA) is 46.3 Å². The summed E-state index contributed by atoms with van der Waals surface area (Å²) in [6.07, 6.45) is 2.49. The maximum Gasteiger partial charge on any atom is 0.292 e. The molecule has 1 heterocycles. The van der Waals surface area contributed by atoms with Crippen LogP contribution < -0.4 is 0 Å². The van der Waals surface area contributed by atoms with E-state index in [0.29, 0.717) is 11.7 Å². The minimum absolute atomic E-state index is 0.0718. The Balaban J connectivity index is 1.99. The summed E-state index contributed by atoms with van der Waals surface area (Å²) in [7, 11) is 1.80. The van der Waals surface area contributed by atoms with E-state index in [-0.39, 0.29) is 5.91 Å². The largest absolute Gasteiger partial charge is 0.351 e. The molecule has 2 rings (SSSR count). The molecule has 1 aliphatic rings. The van der Waals surface area contributed by atoms with Crippen molar-refractivity contribution in [2.75, 3.05) is 13.6 Å². The van der Waals surface area contributed by atoms with Gasteiger partial charge in [0, 0.05) is 19.7 Å². The first kappa shape index (κ1) is 9.24. The molecule has 4 nitrogen and oxygen atoms in total. The molecule has 0 atom stereocenters. The molecule has 0 unspecified atom stereocenters. The molecule has 1 saturated carbocycles. The highest BCUT2D eigenvalue weighted by Gasteiger charge is 2.26. The van der Waals surface area contributed by atoms with Gasteiger partial charge in [-0.1, -0.05) is 5.16 Å². The van der Waals surface area contributed by atoms with Crippen LogP contribution in [0.15, 0.2) is 10.6 Å². The van der Waals surface area contributed by atoms with E-state index >= 15 is 0 Å². The standard InChI is InChI=1S/C10H14N2O2/c1-7-5-9(14-11-7)10(13)12(2)6-8-3-4-8/h5,8H,3-4,6H2,1-2H3. The monoisotopic (exact) mass is 194 g/mol. The van der Waals surface area contributed by atoms with Crippen LogP contribution >= 0.6 is 0 Å². The zero-order chi connectivity index (χ0) is 10.1. The third-order valence-electron chi connectivity index (χ3n) is 2.41. The fraction of sp³-hybridized carbons (Fsp3) is 0.600. The van der Waals surface area contributed by atoms with E-state index in [1.807, 2.05) is 0 Å². The summed E-state index contributed by atoms with van der Waals surface area (Å²) in [4.78, 5) is 13.4. The van der Waals surface area contributed by atoms with E-state index in [1.165, 1.54) is 12.8 Å². The van der Waals surface area contributed by atoms with E-state index in [2.05, 4.69) is 5.16 Å². The maximum atomic E-state index is 11.7. The van der Waals surface area contributed by atoms with Gasteiger partial charge in [-0.2, -0.15) is 0 Å². The number of aromatic nitrogens is 1. The minimum Gasteiger partial charge on any atom is -0.351 e. The van der Waals surface area contributed by atoms with Gasteiger partial charge in [0.15, 0.2) is 0 Å². The Labute approximate surface area is 82.9 Å². The zero-order valence-electron chi connectivity index (χ0n) is 8.49. The molecule has 1 amide bonds. The van der Waals surface area contributed by atoms with Gasteiger partial charge in [-0.15, -0.1) is 0 Å². The van der Waals surface area contributed by atoms with Crippen molar-refractivity contribution in [2.24, 2.45) is 5.92 Å². The average molecular weight is 194 g/mol. The van der Waals surface area contributed by atoms with Crippen molar-refractivity contribution >= 4 is 5.91 Å².